The normalized spacial score (nSPS) is 13.6. The quantitative estimate of drug-likeness (QED) is 0.759. The Kier molecular flexibility index (Phi) is 5.07. The molecule has 0 spiro atoms. The van der Waals surface area contributed by atoms with Crippen molar-refractivity contribution in [2.75, 3.05) is 20.8 Å². The lowest BCUT2D eigenvalue weighted by atomic mass is 10.1. The van der Waals surface area contributed by atoms with Crippen molar-refractivity contribution < 1.29 is 13.2 Å². The van der Waals surface area contributed by atoms with E-state index in [0.717, 1.165) is 12.0 Å². The second-order valence-corrected chi connectivity index (χ2v) is 5.40. The number of hydrogen-bond donors (Lipinski definition) is 2. The fourth-order valence-corrected chi connectivity index (χ4v) is 2.06. The topological polar surface area (TPSA) is 81.4 Å². The first-order valence-corrected chi connectivity index (χ1v) is 6.80. The standard InChI is InChI=1S/C11H18N2O3S/c1-13-10(8-16-2)7-9-3-5-11(6-4-9)17(12,14)15/h3-6,10,13H,7-8H2,1-2H3,(H2,12,14,15). The van der Waals surface area contributed by atoms with E-state index in [9.17, 15) is 8.42 Å². The van der Waals surface area contributed by atoms with Gasteiger partial charge in [-0.25, -0.2) is 13.6 Å². The van der Waals surface area contributed by atoms with Crippen LogP contribution in [0.5, 0.6) is 0 Å². The number of nitrogens with two attached hydrogens (primary N) is 1. The van der Waals surface area contributed by atoms with Gasteiger partial charge in [-0.1, -0.05) is 12.1 Å². The Labute approximate surface area is 102 Å². The second kappa shape index (κ2) is 6.11. The number of benzene rings is 1. The molecule has 0 saturated carbocycles. The van der Waals surface area contributed by atoms with Crippen LogP contribution in [0.3, 0.4) is 0 Å². The Morgan fingerprint density at radius 1 is 1.35 bits per heavy atom. The third kappa shape index (κ3) is 4.43. The van der Waals surface area contributed by atoms with Crippen molar-refractivity contribution in [3.05, 3.63) is 29.8 Å². The molecule has 0 saturated heterocycles. The van der Waals surface area contributed by atoms with Crippen molar-refractivity contribution >= 4 is 10.0 Å². The third-order valence-electron chi connectivity index (χ3n) is 2.51. The van der Waals surface area contributed by atoms with Crippen LogP contribution in [-0.4, -0.2) is 35.2 Å². The van der Waals surface area contributed by atoms with Crippen LogP contribution < -0.4 is 10.5 Å². The van der Waals surface area contributed by atoms with Crippen LogP contribution in [0.15, 0.2) is 29.2 Å². The number of ether oxygens (including phenoxy) is 1. The van der Waals surface area contributed by atoms with Gasteiger partial charge in [-0.2, -0.15) is 0 Å². The summed E-state index contributed by atoms with van der Waals surface area (Å²) >= 11 is 0. The molecule has 0 aliphatic carbocycles. The van der Waals surface area contributed by atoms with Gasteiger partial charge in [0.1, 0.15) is 0 Å². The van der Waals surface area contributed by atoms with Crippen LogP contribution >= 0.6 is 0 Å². The highest BCUT2D eigenvalue weighted by Crippen LogP contribution is 2.10. The van der Waals surface area contributed by atoms with E-state index in [4.69, 9.17) is 9.88 Å². The molecule has 0 aliphatic rings. The van der Waals surface area contributed by atoms with E-state index in [-0.39, 0.29) is 10.9 Å². The van der Waals surface area contributed by atoms with Gasteiger partial charge in [0, 0.05) is 13.2 Å². The van der Waals surface area contributed by atoms with Crippen molar-refractivity contribution in [1.29, 1.82) is 0 Å². The number of likely N-dealkylation sites (N-methyl/N-ethyl adjacent to an activating group) is 1. The van der Waals surface area contributed by atoms with Crippen molar-refractivity contribution in [2.24, 2.45) is 5.14 Å². The van der Waals surface area contributed by atoms with Crippen LogP contribution in [0.25, 0.3) is 0 Å². The molecular formula is C11H18N2O3S. The summed E-state index contributed by atoms with van der Waals surface area (Å²) in [7, 11) is -0.0934. The average molecular weight is 258 g/mol. The van der Waals surface area contributed by atoms with Crippen molar-refractivity contribution in [3.63, 3.8) is 0 Å². The SMILES string of the molecule is CNC(COC)Cc1ccc(S(N)(=O)=O)cc1. The molecule has 0 radical (unpaired) electrons. The van der Waals surface area contributed by atoms with E-state index in [2.05, 4.69) is 5.32 Å². The summed E-state index contributed by atoms with van der Waals surface area (Å²) in [6.07, 6.45) is 0.773. The Bertz CT molecular complexity index is 442. The molecule has 0 aromatic heterocycles. The molecule has 0 fully saturated rings. The summed E-state index contributed by atoms with van der Waals surface area (Å²) in [5.41, 5.74) is 1.04. The molecule has 0 bridgehead atoms. The lowest BCUT2D eigenvalue weighted by Gasteiger charge is -2.15. The van der Waals surface area contributed by atoms with E-state index < -0.39 is 10.0 Å². The van der Waals surface area contributed by atoms with Gasteiger partial charge in [0.25, 0.3) is 0 Å². The molecule has 0 heterocycles. The molecule has 96 valence electrons. The van der Waals surface area contributed by atoms with Crippen molar-refractivity contribution in [1.82, 2.24) is 5.32 Å². The first-order valence-electron chi connectivity index (χ1n) is 5.25. The lowest BCUT2D eigenvalue weighted by Crippen LogP contribution is -2.32. The van der Waals surface area contributed by atoms with Crippen LogP contribution in [0.1, 0.15) is 5.56 Å². The van der Waals surface area contributed by atoms with E-state index >= 15 is 0 Å². The number of hydrogen-bond acceptors (Lipinski definition) is 4. The lowest BCUT2D eigenvalue weighted by molar-refractivity contribution is 0.169. The molecule has 6 heteroatoms. The fraction of sp³-hybridized carbons (Fsp3) is 0.455. The maximum atomic E-state index is 11.1. The van der Waals surface area contributed by atoms with Gasteiger partial charge < -0.3 is 10.1 Å². The van der Waals surface area contributed by atoms with Gasteiger partial charge in [0.05, 0.1) is 11.5 Å². The Hall–Kier alpha value is -0.950. The number of primary sulfonamides is 1. The monoisotopic (exact) mass is 258 g/mol. The molecule has 1 aromatic carbocycles. The predicted octanol–water partition coefficient (Wildman–Crippen LogP) is 0.111. The minimum atomic E-state index is -3.60. The van der Waals surface area contributed by atoms with E-state index in [1.54, 1.807) is 19.2 Å². The van der Waals surface area contributed by atoms with E-state index in [1.165, 1.54) is 12.1 Å². The van der Waals surface area contributed by atoms with Gasteiger partial charge >= 0.3 is 0 Å². The average Bonchev–Trinajstić information content (AvgIpc) is 2.28. The second-order valence-electron chi connectivity index (χ2n) is 3.83. The predicted molar refractivity (Wildman–Crippen MR) is 66.2 cm³/mol. The largest absolute Gasteiger partial charge is 0.383 e. The summed E-state index contributed by atoms with van der Waals surface area (Å²) in [5.74, 6) is 0. The smallest absolute Gasteiger partial charge is 0.238 e. The molecule has 5 nitrogen and oxygen atoms in total. The Morgan fingerprint density at radius 2 is 1.94 bits per heavy atom. The van der Waals surface area contributed by atoms with E-state index in [0.29, 0.717) is 6.61 Å². The molecule has 1 rings (SSSR count). The number of methoxy groups -OCH3 is 1. The third-order valence-corrected chi connectivity index (χ3v) is 3.44. The highest BCUT2D eigenvalue weighted by Gasteiger charge is 2.09. The van der Waals surface area contributed by atoms with Crippen LogP contribution in [-0.2, 0) is 21.2 Å². The summed E-state index contributed by atoms with van der Waals surface area (Å²) < 4.78 is 27.2. The highest BCUT2D eigenvalue weighted by molar-refractivity contribution is 7.89. The zero-order chi connectivity index (χ0) is 12.9. The minimum absolute atomic E-state index is 0.133. The van der Waals surface area contributed by atoms with Crippen LogP contribution in [0.2, 0.25) is 0 Å². The zero-order valence-electron chi connectivity index (χ0n) is 10.0. The molecule has 1 aromatic rings. The first-order chi connectivity index (χ1) is 7.97. The Balaban J connectivity index is 2.74. The van der Waals surface area contributed by atoms with Gasteiger partial charge in [0.2, 0.25) is 10.0 Å². The van der Waals surface area contributed by atoms with Gasteiger partial charge in [-0.15, -0.1) is 0 Å². The van der Waals surface area contributed by atoms with E-state index in [1.807, 2.05) is 7.05 Å². The minimum Gasteiger partial charge on any atom is -0.383 e. The molecular weight excluding hydrogens is 240 g/mol. The number of rotatable bonds is 6. The Morgan fingerprint density at radius 3 is 2.35 bits per heavy atom. The fourth-order valence-electron chi connectivity index (χ4n) is 1.55. The van der Waals surface area contributed by atoms with Gasteiger partial charge in [0.15, 0.2) is 0 Å². The summed E-state index contributed by atoms with van der Waals surface area (Å²) in [6.45, 7) is 0.605. The molecule has 17 heavy (non-hydrogen) atoms. The summed E-state index contributed by atoms with van der Waals surface area (Å²) in [6, 6.07) is 6.77. The van der Waals surface area contributed by atoms with Gasteiger partial charge in [-0.05, 0) is 31.2 Å². The maximum Gasteiger partial charge on any atom is 0.238 e. The number of sulfonamides is 1. The van der Waals surface area contributed by atoms with Gasteiger partial charge in [-0.3, -0.25) is 0 Å². The number of nitrogens with one attached hydrogen (secondary N) is 1. The highest BCUT2D eigenvalue weighted by atomic mass is 32.2. The molecule has 1 atom stereocenters. The molecule has 1 unspecified atom stereocenters. The zero-order valence-corrected chi connectivity index (χ0v) is 10.8. The summed E-state index contributed by atoms with van der Waals surface area (Å²) in [5, 5.41) is 8.15. The molecule has 0 amide bonds. The molecule has 0 aliphatic heterocycles. The van der Waals surface area contributed by atoms with Crippen LogP contribution in [0.4, 0.5) is 0 Å². The van der Waals surface area contributed by atoms with Crippen molar-refractivity contribution in [2.45, 2.75) is 17.4 Å². The maximum absolute atomic E-state index is 11.1. The van der Waals surface area contributed by atoms with Crippen LogP contribution in [0, 0.1) is 0 Å². The molecule has 3 N–H and O–H groups in total. The van der Waals surface area contributed by atoms with Crippen molar-refractivity contribution in [3.8, 4) is 0 Å². The first kappa shape index (κ1) is 14.1. The summed E-state index contributed by atoms with van der Waals surface area (Å²) in [4.78, 5) is 0.133.